The van der Waals surface area contributed by atoms with Crippen LogP contribution in [0.5, 0.6) is 0 Å². The van der Waals surface area contributed by atoms with Crippen molar-refractivity contribution in [2.24, 2.45) is 0 Å². The summed E-state index contributed by atoms with van der Waals surface area (Å²) in [5.41, 5.74) is 0.750. The highest BCUT2D eigenvalue weighted by Gasteiger charge is 2.38. The van der Waals surface area contributed by atoms with Crippen LogP contribution < -0.4 is 5.32 Å². The number of hydrogen-bond acceptors (Lipinski definition) is 2. The summed E-state index contributed by atoms with van der Waals surface area (Å²) in [4.78, 5) is 0. The van der Waals surface area contributed by atoms with E-state index in [-0.39, 0.29) is 6.54 Å². The minimum absolute atomic E-state index is 0.0889. The van der Waals surface area contributed by atoms with Crippen LogP contribution in [-0.2, 0) is 6.54 Å². The Morgan fingerprint density at radius 2 is 1.80 bits per heavy atom. The van der Waals surface area contributed by atoms with Crippen molar-refractivity contribution < 1.29 is 18.3 Å². The maximum atomic E-state index is 12.2. The van der Waals surface area contributed by atoms with Gasteiger partial charge in [0, 0.05) is 6.54 Å². The van der Waals surface area contributed by atoms with E-state index in [1.807, 2.05) is 0 Å². The first-order chi connectivity index (χ1) is 7.04. The number of aliphatic hydroxyl groups is 1. The highest BCUT2D eigenvalue weighted by atomic mass is 19.4. The maximum absolute atomic E-state index is 12.2. The van der Waals surface area contributed by atoms with Crippen LogP contribution in [0.25, 0.3) is 0 Å². The van der Waals surface area contributed by atoms with Crippen LogP contribution in [0, 0.1) is 0 Å². The Morgan fingerprint density at radius 3 is 2.27 bits per heavy atom. The monoisotopic (exact) mass is 219 g/mol. The normalized spacial score (nSPS) is 13.9. The molecule has 1 aromatic carbocycles. The van der Waals surface area contributed by atoms with E-state index in [0.717, 1.165) is 5.56 Å². The number of alkyl halides is 3. The summed E-state index contributed by atoms with van der Waals surface area (Å²) < 4.78 is 36.6. The number of aliphatic hydroxyl groups excluding tert-OH is 1. The molecule has 0 heterocycles. The first-order valence-electron chi connectivity index (χ1n) is 4.49. The standard InChI is InChI=1S/C10H12F3NO/c11-10(12,13)9(7-15)14-6-8-4-2-1-3-5-8/h1-5,9,14-15H,6-7H2/t9-/m1/s1. The SMILES string of the molecule is OC[C@@H](NCc1ccccc1)C(F)(F)F. The summed E-state index contributed by atoms with van der Waals surface area (Å²) in [6.45, 7) is -0.859. The van der Waals surface area contributed by atoms with Gasteiger partial charge in [-0.2, -0.15) is 13.2 Å². The van der Waals surface area contributed by atoms with Gasteiger partial charge < -0.3 is 10.4 Å². The minimum atomic E-state index is -4.41. The Hall–Kier alpha value is -1.07. The smallest absolute Gasteiger partial charge is 0.394 e. The topological polar surface area (TPSA) is 32.3 Å². The molecule has 0 aromatic heterocycles. The lowest BCUT2D eigenvalue weighted by atomic mass is 10.2. The zero-order chi connectivity index (χ0) is 11.3. The van der Waals surface area contributed by atoms with Gasteiger partial charge in [-0.15, -0.1) is 0 Å². The van der Waals surface area contributed by atoms with E-state index in [1.165, 1.54) is 0 Å². The summed E-state index contributed by atoms with van der Waals surface area (Å²) in [5, 5.41) is 10.8. The van der Waals surface area contributed by atoms with Crippen molar-refractivity contribution in [1.82, 2.24) is 5.32 Å². The van der Waals surface area contributed by atoms with Crippen molar-refractivity contribution in [3.63, 3.8) is 0 Å². The minimum Gasteiger partial charge on any atom is -0.394 e. The molecule has 1 atom stereocenters. The summed E-state index contributed by atoms with van der Waals surface area (Å²) in [6.07, 6.45) is -4.41. The van der Waals surface area contributed by atoms with Crippen molar-refractivity contribution in [2.75, 3.05) is 6.61 Å². The van der Waals surface area contributed by atoms with Gasteiger partial charge in [-0.1, -0.05) is 30.3 Å². The first-order valence-corrected chi connectivity index (χ1v) is 4.49. The molecule has 0 radical (unpaired) electrons. The van der Waals surface area contributed by atoms with Crippen molar-refractivity contribution in [3.05, 3.63) is 35.9 Å². The Kier molecular flexibility index (Phi) is 4.11. The number of nitrogens with one attached hydrogen (secondary N) is 1. The van der Waals surface area contributed by atoms with E-state index < -0.39 is 18.8 Å². The van der Waals surface area contributed by atoms with Gasteiger partial charge in [0.25, 0.3) is 0 Å². The largest absolute Gasteiger partial charge is 0.406 e. The molecule has 0 aliphatic carbocycles. The van der Waals surface area contributed by atoms with Gasteiger partial charge in [0.05, 0.1) is 6.61 Å². The van der Waals surface area contributed by atoms with Crippen molar-refractivity contribution in [2.45, 2.75) is 18.8 Å². The highest BCUT2D eigenvalue weighted by molar-refractivity contribution is 5.14. The van der Waals surface area contributed by atoms with Gasteiger partial charge in [0.1, 0.15) is 6.04 Å². The number of rotatable bonds is 4. The van der Waals surface area contributed by atoms with E-state index in [2.05, 4.69) is 5.32 Å². The Labute approximate surface area is 85.7 Å². The Bertz CT molecular complexity index is 286. The molecule has 0 spiro atoms. The molecule has 0 bridgehead atoms. The van der Waals surface area contributed by atoms with Gasteiger partial charge in [-0.3, -0.25) is 0 Å². The molecule has 2 nitrogen and oxygen atoms in total. The number of benzene rings is 1. The molecule has 15 heavy (non-hydrogen) atoms. The Balaban J connectivity index is 2.49. The average Bonchev–Trinajstić information content (AvgIpc) is 2.18. The average molecular weight is 219 g/mol. The van der Waals surface area contributed by atoms with Gasteiger partial charge in [-0.05, 0) is 5.56 Å². The van der Waals surface area contributed by atoms with E-state index in [9.17, 15) is 13.2 Å². The zero-order valence-electron chi connectivity index (χ0n) is 7.96. The Morgan fingerprint density at radius 1 is 1.20 bits per heavy atom. The summed E-state index contributed by atoms with van der Waals surface area (Å²) in [5.74, 6) is 0. The molecule has 1 rings (SSSR count). The molecule has 1 aromatic rings. The molecule has 2 N–H and O–H groups in total. The molecule has 0 saturated carbocycles. The number of halogens is 3. The van der Waals surface area contributed by atoms with Gasteiger partial charge in [-0.25, -0.2) is 0 Å². The molecule has 0 amide bonds. The second-order valence-electron chi connectivity index (χ2n) is 3.14. The second kappa shape index (κ2) is 5.14. The predicted octanol–water partition coefficient (Wildman–Crippen LogP) is 1.70. The van der Waals surface area contributed by atoms with E-state index in [1.54, 1.807) is 30.3 Å². The summed E-state index contributed by atoms with van der Waals surface area (Å²) >= 11 is 0. The molecular weight excluding hydrogens is 207 g/mol. The quantitative estimate of drug-likeness (QED) is 0.807. The molecule has 5 heteroatoms. The lowest BCUT2D eigenvalue weighted by molar-refractivity contribution is -0.164. The molecule has 0 aliphatic rings. The van der Waals surface area contributed by atoms with Crippen LogP contribution in [0.4, 0.5) is 13.2 Å². The van der Waals surface area contributed by atoms with Gasteiger partial charge in [0.2, 0.25) is 0 Å². The van der Waals surface area contributed by atoms with Crippen LogP contribution in [0.15, 0.2) is 30.3 Å². The lowest BCUT2D eigenvalue weighted by Gasteiger charge is -2.19. The lowest BCUT2D eigenvalue weighted by Crippen LogP contribution is -2.44. The third-order valence-electron chi connectivity index (χ3n) is 1.97. The first kappa shape index (κ1) is 12.0. The highest BCUT2D eigenvalue weighted by Crippen LogP contribution is 2.19. The van der Waals surface area contributed by atoms with Crippen LogP contribution >= 0.6 is 0 Å². The van der Waals surface area contributed by atoms with Gasteiger partial charge >= 0.3 is 6.18 Å². The number of hydrogen-bond donors (Lipinski definition) is 2. The van der Waals surface area contributed by atoms with Crippen LogP contribution in [0.1, 0.15) is 5.56 Å². The molecule has 0 fully saturated rings. The van der Waals surface area contributed by atoms with E-state index >= 15 is 0 Å². The fraction of sp³-hybridized carbons (Fsp3) is 0.400. The van der Waals surface area contributed by atoms with Crippen LogP contribution in [0.2, 0.25) is 0 Å². The second-order valence-corrected chi connectivity index (χ2v) is 3.14. The molecule has 0 unspecified atom stereocenters. The molecule has 84 valence electrons. The van der Waals surface area contributed by atoms with Gasteiger partial charge in [0.15, 0.2) is 0 Å². The van der Waals surface area contributed by atoms with Crippen LogP contribution in [0.3, 0.4) is 0 Å². The third-order valence-corrected chi connectivity index (χ3v) is 1.97. The molecular formula is C10H12F3NO. The van der Waals surface area contributed by atoms with Crippen molar-refractivity contribution >= 4 is 0 Å². The summed E-state index contributed by atoms with van der Waals surface area (Å²) in [7, 11) is 0. The van der Waals surface area contributed by atoms with E-state index in [4.69, 9.17) is 5.11 Å². The third kappa shape index (κ3) is 3.89. The molecule has 0 saturated heterocycles. The van der Waals surface area contributed by atoms with Crippen molar-refractivity contribution in [1.29, 1.82) is 0 Å². The van der Waals surface area contributed by atoms with E-state index in [0.29, 0.717) is 0 Å². The fourth-order valence-corrected chi connectivity index (χ4v) is 1.12. The summed E-state index contributed by atoms with van der Waals surface area (Å²) in [6, 6.07) is 6.86. The molecule has 0 aliphatic heterocycles. The van der Waals surface area contributed by atoms with Crippen molar-refractivity contribution in [3.8, 4) is 0 Å². The zero-order valence-corrected chi connectivity index (χ0v) is 7.96. The fourth-order valence-electron chi connectivity index (χ4n) is 1.12. The maximum Gasteiger partial charge on any atom is 0.406 e. The van der Waals surface area contributed by atoms with Crippen LogP contribution in [-0.4, -0.2) is 23.9 Å². The predicted molar refractivity (Wildman–Crippen MR) is 50.2 cm³/mol.